The van der Waals surface area contributed by atoms with E-state index in [9.17, 15) is 14.3 Å². The number of hydrogen-bond donors (Lipinski definition) is 3. The summed E-state index contributed by atoms with van der Waals surface area (Å²) in [6, 6.07) is 8.71. The minimum Gasteiger partial charge on any atom is -0.490 e. The Bertz CT molecular complexity index is 985. The number of carbonyl (C=O) groups excluding carboxylic acids is 1. The predicted molar refractivity (Wildman–Crippen MR) is 131 cm³/mol. The average Bonchev–Trinajstić information content (AvgIpc) is 3.10. The van der Waals surface area contributed by atoms with Crippen LogP contribution in [0.15, 0.2) is 30.3 Å². The van der Waals surface area contributed by atoms with Gasteiger partial charge in [-0.15, -0.1) is 0 Å². The monoisotopic (exact) mass is 473 g/mol. The zero-order chi connectivity index (χ0) is 24.7. The van der Waals surface area contributed by atoms with Crippen LogP contribution in [-0.4, -0.2) is 56.0 Å². The molecule has 7 nitrogen and oxygen atoms in total. The van der Waals surface area contributed by atoms with E-state index in [2.05, 4.69) is 30.1 Å². The summed E-state index contributed by atoms with van der Waals surface area (Å²) in [5.41, 5.74) is 9.39. The van der Waals surface area contributed by atoms with Gasteiger partial charge in [0.1, 0.15) is 12.4 Å². The molecule has 1 aliphatic heterocycles. The van der Waals surface area contributed by atoms with Crippen molar-refractivity contribution in [2.45, 2.75) is 52.1 Å². The molecule has 3 rings (SSSR count). The van der Waals surface area contributed by atoms with Gasteiger partial charge in [0, 0.05) is 37.8 Å². The first-order valence-corrected chi connectivity index (χ1v) is 12.0. The van der Waals surface area contributed by atoms with Crippen molar-refractivity contribution in [2.24, 2.45) is 5.73 Å². The zero-order valence-electron chi connectivity index (χ0n) is 20.3. The normalized spacial score (nSPS) is 15.8. The fourth-order valence-electron chi connectivity index (χ4n) is 4.54. The maximum absolute atomic E-state index is 13.4. The Morgan fingerprint density at radius 2 is 2.09 bits per heavy atom. The minimum absolute atomic E-state index is 0.115. The van der Waals surface area contributed by atoms with Crippen molar-refractivity contribution in [3.63, 3.8) is 0 Å². The third kappa shape index (κ3) is 6.39. The molecular weight excluding hydrogens is 437 g/mol. The Morgan fingerprint density at radius 3 is 2.79 bits per heavy atom. The molecule has 4 N–H and O–H groups in total. The molecule has 34 heavy (non-hydrogen) atoms. The van der Waals surface area contributed by atoms with Crippen LogP contribution in [0.3, 0.4) is 0 Å². The maximum Gasteiger partial charge on any atom is 0.250 e. The maximum atomic E-state index is 13.4. The van der Waals surface area contributed by atoms with Gasteiger partial charge in [-0.3, -0.25) is 4.79 Å². The second-order valence-electron chi connectivity index (χ2n) is 8.77. The molecule has 0 spiro atoms. The number of nitrogens with two attached hydrogens (primary N) is 1. The van der Waals surface area contributed by atoms with E-state index in [1.807, 2.05) is 13.0 Å². The van der Waals surface area contributed by atoms with Gasteiger partial charge in [-0.25, -0.2) is 4.39 Å². The lowest BCUT2D eigenvalue weighted by Gasteiger charge is -2.26. The van der Waals surface area contributed by atoms with E-state index in [-0.39, 0.29) is 24.5 Å². The fourth-order valence-corrected chi connectivity index (χ4v) is 4.54. The molecule has 1 heterocycles. The summed E-state index contributed by atoms with van der Waals surface area (Å²) in [7, 11) is 0. The zero-order valence-corrected chi connectivity index (χ0v) is 20.3. The number of aliphatic hydroxyl groups is 1. The molecule has 0 radical (unpaired) electrons. The number of amides is 1. The number of anilines is 1. The van der Waals surface area contributed by atoms with Gasteiger partial charge >= 0.3 is 0 Å². The van der Waals surface area contributed by atoms with Crippen molar-refractivity contribution in [3.05, 3.63) is 52.8 Å². The van der Waals surface area contributed by atoms with Crippen molar-refractivity contribution in [1.29, 1.82) is 0 Å². The van der Waals surface area contributed by atoms with Gasteiger partial charge in [-0.05, 0) is 69.4 Å². The SMILES string of the molecule is CCOc1cc(F)ccc1OCCNC(C)Cc1cc2c(c(C(N)=O)c1)N(CCCO)C(C)C2. The summed E-state index contributed by atoms with van der Waals surface area (Å²) < 4.78 is 24.7. The molecular formula is C26H36FN3O4. The van der Waals surface area contributed by atoms with E-state index in [1.165, 1.54) is 12.1 Å². The summed E-state index contributed by atoms with van der Waals surface area (Å²) >= 11 is 0. The number of aliphatic hydroxyl groups excluding tert-OH is 1. The van der Waals surface area contributed by atoms with E-state index < -0.39 is 5.91 Å². The molecule has 0 saturated heterocycles. The van der Waals surface area contributed by atoms with Crippen LogP contribution in [0.5, 0.6) is 11.5 Å². The first-order valence-electron chi connectivity index (χ1n) is 12.0. The highest BCUT2D eigenvalue weighted by molar-refractivity contribution is 6.00. The fraction of sp³-hybridized carbons (Fsp3) is 0.500. The third-order valence-corrected chi connectivity index (χ3v) is 6.01. The van der Waals surface area contributed by atoms with Crippen LogP contribution in [0.1, 0.15) is 48.7 Å². The number of nitrogens with zero attached hydrogens (tertiary/aromatic N) is 1. The van der Waals surface area contributed by atoms with Crippen molar-refractivity contribution < 1.29 is 23.8 Å². The highest BCUT2D eigenvalue weighted by Gasteiger charge is 2.30. The average molecular weight is 474 g/mol. The molecule has 0 aliphatic carbocycles. The first kappa shape index (κ1) is 25.8. The van der Waals surface area contributed by atoms with E-state index in [4.69, 9.17) is 15.2 Å². The summed E-state index contributed by atoms with van der Waals surface area (Å²) in [4.78, 5) is 14.4. The van der Waals surface area contributed by atoms with E-state index in [0.29, 0.717) is 49.8 Å². The molecule has 0 bridgehead atoms. The van der Waals surface area contributed by atoms with E-state index in [1.54, 1.807) is 6.07 Å². The lowest BCUT2D eigenvalue weighted by Crippen LogP contribution is -2.33. The van der Waals surface area contributed by atoms with E-state index >= 15 is 0 Å². The Labute approximate surface area is 201 Å². The van der Waals surface area contributed by atoms with Crippen LogP contribution in [0.4, 0.5) is 10.1 Å². The number of ether oxygens (including phenoxy) is 2. The number of hydrogen-bond acceptors (Lipinski definition) is 6. The highest BCUT2D eigenvalue weighted by atomic mass is 19.1. The second kappa shape index (κ2) is 12.0. The van der Waals surface area contributed by atoms with Crippen LogP contribution >= 0.6 is 0 Å². The predicted octanol–water partition coefficient (Wildman–Crippen LogP) is 3.06. The molecule has 186 valence electrons. The van der Waals surface area contributed by atoms with Gasteiger partial charge in [-0.2, -0.15) is 0 Å². The van der Waals surface area contributed by atoms with Crippen LogP contribution in [-0.2, 0) is 12.8 Å². The third-order valence-electron chi connectivity index (χ3n) is 6.01. The first-order chi connectivity index (χ1) is 16.3. The molecule has 0 saturated carbocycles. The molecule has 2 atom stereocenters. The quantitative estimate of drug-likeness (QED) is 0.387. The van der Waals surface area contributed by atoms with Gasteiger partial charge < -0.3 is 30.5 Å². The van der Waals surface area contributed by atoms with Crippen LogP contribution in [0, 0.1) is 5.82 Å². The van der Waals surface area contributed by atoms with Crippen LogP contribution in [0.25, 0.3) is 0 Å². The molecule has 1 amide bonds. The lowest BCUT2D eigenvalue weighted by molar-refractivity contribution is 0.100. The molecule has 8 heteroatoms. The second-order valence-corrected chi connectivity index (χ2v) is 8.77. The number of halogens is 1. The van der Waals surface area contributed by atoms with E-state index in [0.717, 1.165) is 29.7 Å². The standard InChI is InChI=1S/C26H36FN3O4/c1-4-33-24-16-21(27)6-7-23(24)34-11-8-29-17(2)12-19-14-20-13-18(3)30(9-5-10-31)25(20)22(15-19)26(28)32/h6-7,14-18,29,31H,4-5,8-13H2,1-3H3,(H2,28,32). The van der Waals surface area contributed by atoms with Crippen molar-refractivity contribution in [1.82, 2.24) is 5.32 Å². The number of benzene rings is 2. The number of fused-ring (bicyclic) bond motifs is 1. The molecule has 0 aromatic heterocycles. The molecule has 0 fully saturated rings. The largest absolute Gasteiger partial charge is 0.490 e. The van der Waals surface area contributed by atoms with Crippen LogP contribution < -0.4 is 25.4 Å². The highest BCUT2D eigenvalue weighted by Crippen LogP contribution is 2.36. The number of primary amides is 1. The molecule has 2 aromatic rings. The van der Waals surface area contributed by atoms with Gasteiger partial charge in [0.05, 0.1) is 17.9 Å². The molecule has 2 aromatic carbocycles. The van der Waals surface area contributed by atoms with Crippen molar-refractivity contribution >= 4 is 11.6 Å². The smallest absolute Gasteiger partial charge is 0.250 e. The lowest BCUT2D eigenvalue weighted by atomic mass is 9.97. The summed E-state index contributed by atoms with van der Waals surface area (Å²) in [5.74, 6) is 0.120. The van der Waals surface area contributed by atoms with Crippen molar-refractivity contribution in [3.8, 4) is 11.5 Å². The van der Waals surface area contributed by atoms with Gasteiger partial charge in [0.15, 0.2) is 11.5 Å². The number of nitrogens with one attached hydrogen (secondary N) is 1. The van der Waals surface area contributed by atoms with Gasteiger partial charge in [0.2, 0.25) is 0 Å². The minimum atomic E-state index is -0.431. The number of rotatable bonds is 13. The molecule has 2 unspecified atom stereocenters. The Morgan fingerprint density at radius 1 is 1.29 bits per heavy atom. The Hall–Kier alpha value is -2.84. The summed E-state index contributed by atoms with van der Waals surface area (Å²) in [6.07, 6.45) is 2.24. The molecule has 1 aliphatic rings. The number of carbonyl (C=O) groups is 1. The van der Waals surface area contributed by atoms with Gasteiger partial charge in [0.25, 0.3) is 5.91 Å². The van der Waals surface area contributed by atoms with Crippen molar-refractivity contribution in [2.75, 3.05) is 37.8 Å². The van der Waals surface area contributed by atoms with Crippen LogP contribution in [0.2, 0.25) is 0 Å². The summed E-state index contributed by atoms with van der Waals surface area (Å²) in [6.45, 7) is 8.30. The Kier molecular flexibility index (Phi) is 9.12. The topological polar surface area (TPSA) is 97.1 Å². The summed E-state index contributed by atoms with van der Waals surface area (Å²) in [5, 5.41) is 12.7. The Balaban J connectivity index is 1.59. The van der Waals surface area contributed by atoms with Gasteiger partial charge in [-0.1, -0.05) is 6.07 Å².